The lowest BCUT2D eigenvalue weighted by molar-refractivity contribution is 1.48. The third kappa shape index (κ3) is 1.11. The maximum Gasteiger partial charge on any atom is 0.0460 e. The number of allylic oxidation sites excluding steroid dienone is 3. The van der Waals surface area contributed by atoms with Crippen LogP contribution in [0.1, 0.15) is 5.56 Å². The van der Waals surface area contributed by atoms with Gasteiger partial charge < -0.3 is 5.32 Å². The van der Waals surface area contributed by atoms with Crippen molar-refractivity contribution in [1.29, 1.82) is 0 Å². The van der Waals surface area contributed by atoms with Crippen molar-refractivity contribution in [3.8, 4) is 0 Å². The molecular formula is C12H9NS. The molecule has 0 amide bonds. The van der Waals surface area contributed by atoms with Crippen molar-refractivity contribution in [2.75, 3.05) is 5.32 Å². The lowest BCUT2D eigenvalue weighted by Crippen LogP contribution is -2.03. The fourth-order valence-electron chi connectivity index (χ4n) is 1.72. The van der Waals surface area contributed by atoms with Crippen molar-refractivity contribution in [3.05, 3.63) is 58.5 Å². The summed E-state index contributed by atoms with van der Waals surface area (Å²) >= 11 is 1.76. The number of para-hydroxylation sites is 1. The molecule has 0 bridgehead atoms. The number of nitrogens with one attached hydrogen (secondary N) is 1. The van der Waals surface area contributed by atoms with Crippen LogP contribution in [0.5, 0.6) is 0 Å². The average molecular weight is 199 g/mol. The van der Waals surface area contributed by atoms with Crippen LogP contribution < -0.4 is 5.32 Å². The summed E-state index contributed by atoms with van der Waals surface area (Å²) in [6, 6.07) is 8.39. The fraction of sp³-hybridized carbons (Fsp3) is 0. The van der Waals surface area contributed by atoms with Gasteiger partial charge in [0.2, 0.25) is 0 Å². The summed E-state index contributed by atoms with van der Waals surface area (Å²) < 4.78 is 0. The van der Waals surface area contributed by atoms with Crippen LogP contribution in [0, 0.1) is 0 Å². The molecule has 0 radical (unpaired) electrons. The minimum absolute atomic E-state index is 1.19. The Hall–Kier alpha value is -1.41. The van der Waals surface area contributed by atoms with E-state index < -0.39 is 0 Å². The number of fused-ring (bicyclic) bond motifs is 3. The SMILES string of the molecule is C1=CSC2=CNc3ccccc3C2=C1. The Morgan fingerprint density at radius 3 is 3.07 bits per heavy atom. The molecule has 2 aliphatic heterocycles. The highest BCUT2D eigenvalue weighted by atomic mass is 32.2. The van der Waals surface area contributed by atoms with Gasteiger partial charge in [-0.2, -0.15) is 0 Å². The number of anilines is 1. The first-order chi connectivity index (χ1) is 6.95. The Morgan fingerprint density at radius 2 is 2.07 bits per heavy atom. The number of hydrogen-bond donors (Lipinski definition) is 1. The van der Waals surface area contributed by atoms with Crippen molar-refractivity contribution in [1.82, 2.24) is 0 Å². The van der Waals surface area contributed by atoms with Gasteiger partial charge in [0.15, 0.2) is 0 Å². The van der Waals surface area contributed by atoms with E-state index >= 15 is 0 Å². The quantitative estimate of drug-likeness (QED) is 0.685. The maximum atomic E-state index is 3.30. The zero-order valence-electron chi connectivity index (χ0n) is 7.53. The van der Waals surface area contributed by atoms with E-state index in [0.29, 0.717) is 0 Å². The second-order valence-electron chi connectivity index (χ2n) is 3.23. The van der Waals surface area contributed by atoms with E-state index in [1.54, 1.807) is 11.8 Å². The van der Waals surface area contributed by atoms with Crippen molar-refractivity contribution >= 4 is 23.0 Å². The first kappa shape index (κ1) is 7.94. The monoisotopic (exact) mass is 199 g/mol. The van der Waals surface area contributed by atoms with Crippen LogP contribution in [0.15, 0.2) is 52.9 Å². The molecular weight excluding hydrogens is 190 g/mol. The van der Waals surface area contributed by atoms with E-state index in [9.17, 15) is 0 Å². The number of thioether (sulfide) groups is 1. The summed E-state index contributed by atoms with van der Waals surface area (Å²) in [5, 5.41) is 5.41. The van der Waals surface area contributed by atoms with Gasteiger partial charge in [0.1, 0.15) is 0 Å². The Balaban J connectivity index is 2.22. The third-order valence-electron chi connectivity index (χ3n) is 2.38. The first-order valence-electron chi connectivity index (χ1n) is 4.55. The molecule has 0 saturated carbocycles. The first-order valence-corrected chi connectivity index (χ1v) is 5.43. The Kier molecular flexibility index (Phi) is 1.74. The van der Waals surface area contributed by atoms with Crippen molar-refractivity contribution in [2.24, 2.45) is 0 Å². The molecule has 0 atom stereocenters. The molecule has 68 valence electrons. The second-order valence-corrected chi connectivity index (χ2v) is 4.17. The predicted octanol–water partition coefficient (Wildman–Crippen LogP) is 3.60. The normalized spacial score (nSPS) is 17.4. The Morgan fingerprint density at radius 1 is 1.14 bits per heavy atom. The van der Waals surface area contributed by atoms with Crippen molar-refractivity contribution in [3.63, 3.8) is 0 Å². The van der Waals surface area contributed by atoms with E-state index in [4.69, 9.17) is 0 Å². The zero-order valence-corrected chi connectivity index (χ0v) is 8.34. The van der Waals surface area contributed by atoms with Gasteiger partial charge in [0.05, 0.1) is 0 Å². The van der Waals surface area contributed by atoms with Gasteiger partial charge in [-0.1, -0.05) is 42.1 Å². The molecule has 1 nitrogen and oxygen atoms in total. The Labute approximate surface area is 87.2 Å². The molecule has 1 aromatic rings. The molecule has 2 aliphatic rings. The summed E-state index contributed by atoms with van der Waals surface area (Å²) in [5.41, 5.74) is 3.81. The summed E-state index contributed by atoms with van der Waals surface area (Å²) in [6.07, 6.45) is 6.34. The highest BCUT2D eigenvalue weighted by Crippen LogP contribution is 2.41. The minimum atomic E-state index is 1.19. The van der Waals surface area contributed by atoms with Gasteiger partial charge in [-0.3, -0.25) is 0 Å². The zero-order chi connectivity index (χ0) is 9.38. The van der Waals surface area contributed by atoms with E-state index in [-0.39, 0.29) is 0 Å². The van der Waals surface area contributed by atoms with E-state index in [0.717, 1.165) is 0 Å². The average Bonchev–Trinajstić information content (AvgIpc) is 2.29. The number of hydrogen-bond acceptors (Lipinski definition) is 2. The van der Waals surface area contributed by atoms with E-state index in [2.05, 4.69) is 53.3 Å². The lowest BCUT2D eigenvalue weighted by atomic mass is 10.0. The van der Waals surface area contributed by atoms with Gasteiger partial charge in [0.25, 0.3) is 0 Å². The van der Waals surface area contributed by atoms with Gasteiger partial charge in [-0.15, -0.1) is 0 Å². The van der Waals surface area contributed by atoms with Crippen molar-refractivity contribution in [2.45, 2.75) is 0 Å². The van der Waals surface area contributed by atoms with Crippen LogP contribution in [-0.4, -0.2) is 0 Å². The third-order valence-corrected chi connectivity index (χ3v) is 3.26. The molecule has 1 N–H and O–H groups in total. The van der Waals surface area contributed by atoms with E-state index in [1.165, 1.54) is 21.7 Å². The molecule has 0 fully saturated rings. The molecule has 0 spiro atoms. The molecule has 14 heavy (non-hydrogen) atoms. The smallest absolute Gasteiger partial charge is 0.0460 e. The Bertz CT molecular complexity index is 469. The van der Waals surface area contributed by atoms with Crippen LogP contribution in [0.25, 0.3) is 5.57 Å². The molecule has 0 aliphatic carbocycles. The molecule has 1 aromatic carbocycles. The predicted molar refractivity (Wildman–Crippen MR) is 62.9 cm³/mol. The summed E-state index contributed by atoms with van der Waals surface area (Å²) in [5.74, 6) is 0. The van der Waals surface area contributed by atoms with Gasteiger partial charge in [-0.25, -0.2) is 0 Å². The highest BCUT2D eigenvalue weighted by molar-refractivity contribution is 8.06. The number of benzene rings is 1. The maximum absolute atomic E-state index is 3.30. The molecule has 2 heterocycles. The number of rotatable bonds is 0. The lowest BCUT2D eigenvalue weighted by Gasteiger charge is -2.21. The molecule has 3 rings (SSSR count). The van der Waals surface area contributed by atoms with Crippen LogP contribution in [0.4, 0.5) is 5.69 Å². The molecule has 0 saturated heterocycles. The van der Waals surface area contributed by atoms with Gasteiger partial charge in [0, 0.05) is 22.4 Å². The summed E-state index contributed by atoms with van der Waals surface area (Å²) in [7, 11) is 0. The summed E-state index contributed by atoms with van der Waals surface area (Å²) in [4.78, 5) is 1.30. The topological polar surface area (TPSA) is 12.0 Å². The second kappa shape index (κ2) is 3.07. The minimum Gasteiger partial charge on any atom is -0.360 e. The van der Waals surface area contributed by atoms with Crippen molar-refractivity contribution < 1.29 is 0 Å². The summed E-state index contributed by atoms with van der Waals surface area (Å²) in [6.45, 7) is 0. The largest absolute Gasteiger partial charge is 0.360 e. The van der Waals surface area contributed by atoms with Crippen LogP contribution in [0.3, 0.4) is 0 Å². The molecule has 2 heteroatoms. The highest BCUT2D eigenvalue weighted by Gasteiger charge is 2.16. The van der Waals surface area contributed by atoms with Crippen LogP contribution in [0.2, 0.25) is 0 Å². The molecule has 0 unspecified atom stereocenters. The van der Waals surface area contributed by atoms with Crippen LogP contribution >= 0.6 is 11.8 Å². The van der Waals surface area contributed by atoms with Gasteiger partial charge in [-0.05, 0) is 17.0 Å². The van der Waals surface area contributed by atoms with Gasteiger partial charge >= 0.3 is 0 Å². The van der Waals surface area contributed by atoms with Crippen LogP contribution in [-0.2, 0) is 0 Å². The fourth-order valence-corrected chi connectivity index (χ4v) is 2.45. The molecule has 0 aromatic heterocycles. The van der Waals surface area contributed by atoms with E-state index in [1.807, 2.05) is 0 Å². The standard InChI is InChI=1S/C12H9NS/c1-2-6-11-9(4-1)10-5-3-7-14-12(10)8-13-11/h1-8,13H.